The summed E-state index contributed by atoms with van der Waals surface area (Å²) in [4.78, 5) is 9.45. The predicted molar refractivity (Wildman–Crippen MR) is 84.8 cm³/mol. The van der Waals surface area contributed by atoms with Crippen molar-refractivity contribution in [3.8, 4) is 0 Å². The average Bonchev–Trinajstić information content (AvgIpc) is 3.27. The lowest BCUT2D eigenvalue weighted by Gasteiger charge is -2.41. The van der Waals surface area contributed by atoms with Gasteiger partial charge in [-0.05, 0) is 45.4 Å². The van der Waals surface area contributed by atoms with E-state index in [0.717, 1.165) is 48.8 Å². The van der Waals surface area contributed by atoms with Crippen LogP contribution in [-0.4, -0.2) is 33.8 Å². The summed E-state index contributed by atoms with van der Waals surface area (Å²) in [6.07, 6.45) is 6.67. The average molecular weight is 290 g/mol. The lowest BCUT2D eigenvalue weighted by atomic mass is 9.77. The Morgan fingerprint density at radius 3 is 2.48 bits per heavy atom. The van der Waals surface area contributed by atoms with Crippen molar-refractivity contribution in [3.05, 3.63) is 11.4 Å². The van der Waals surface area contributed by atoms with Crippen molar-refractivity contribution in [2.24, 2.45) is 0 Å². The highest BCUT2D eigenvalue weighted by Gasteiger charge is 2.37. The molecule has 2 fully saturated rings. The molecule has 2 saturated carbocycles. The van der Waals surface area contributed by atoms with Crippen LogP contribution in [0.4, 0.5) is 11.6 Å². The number of rotatable bonds is 7. The molecule has 0 radical (unpaired) electrons. The first-order valence-corrected chi connectivity index (χ1v) is 8.19. The SMILES string of the molecule is CCCNc1nc(C2CC2)nc(NC2(CO)CCC2)c1C. The number of aliphatic hydroxyl groups excluding tert-OH is 1. The van der Waals surface area contributed by atoms with Gasteiger partial charge >= 0.3 is 0 Å². The Hall–Kier alpha value is -1.36. The summed E-state index contributed by atoms with van der Waals surface area (Å²) in [7, 11) is 0. The summed E-state index contributed by atoms with van der Waals surface area (Å²) in [5.41, 5.74) is 0.898. The van der Waals surface area contributed by atoms with Gasteiger partial charge in [0.1, 0.15) is 17.5 Å². The molecule has 1 aromatic heterocycles. The molecule has 2 aliphatic rings. The largest absolute Gasteiger partial charge is 0.394 e. The highest BCUT2D eigenvalue weighted by molar-refractivity contribution is 5.59. The van der Waals surface area contributed by atoms with Crippen LogP contribution in [0.25, 0.3) is 0 Å². The molecular formula is C16H26N4O. The molecule has 5 heteroatoms. The first-order chi connectivity index (χ1) is 10.2. The monoisotopic (exact) mass is 290 g/mol. The van der Waals surface area contributed by atoms with E-state index in [4.69, 9.17) is 9.97 Å². The third kappa shape index (κ3) is 2.98. The van der Waals surface area contributed by atoms with E-state index in [1.165, 1.54) is 19.3 Å². The van der Waals surface area contributed by atoms with E-state index in [1.54, 1.807) is 0 Å². The molecule has 0 amide bonds. The fourth-order valence-corrected chi connectivity index (χ4v) is 2.77. The second-order valence-corrected chi connectivity index (χ2v) is 6.52. The fourth-order valence-electron chi connectivity index (χ4n) is 2.77. The first-order valence-electron chi connectivity index (χ1n) is 8.19. The van der Waals surface area contributed by atoms with Crippen LogP contribution in [0, 0.1) is 6.92 Å². The minimum atomic E-state index is -0.165. The van der Waals surface area contributed by atoms with Crippen molar-refractivity contribution in [2.75, 3.05) is 23.8 Å². The lowest BCUT2D eigenvalue weighted by molar-refractivity contribution is 0.143. The maximum absolute atomic E-state index is 9.67. The third-order valence-corrected chi connectivity index (χ3v) is 4.64. The molecule has 5 nitrogen and oxygen atoms in total. The third-order valence-electron chi connectivity index (χ3n) is 4.64. The quantitative estimate of drug-likeness (QED) is 0.720. The van der Waals surface area contributed by atoms with Crippen LogP contribution in [-0.2, 0) is 0 Å². The van der Waals surface area contributed by atoms with Crippen molar-refractivity contribution < 1.29 is 5.11 Å². The molecule has 1 heterocycles. The standard InChI is InChI=1S/C16H26N4O/c1-3-9-17-13-11(2)14(19-15(18-13)12-5-6-12)20-16(10-21)7-4-8-16/h12,21H,3-10H2,1-2H3,(H2,17,18,19,20). The minimum absolute atomic E-state index is 0.165. The zero-order valence-corrected chi connectivity index (χ0v) is 13.1. The maximum Gasteiger partial charge on any atom is 0.136 e. The molecule has 3 rings (SSSR count). The molecule has 0 unspecified atom stereocenters. The van der Waals surface area contributed by atoms with Crippen LogP contribution >= 0.6 is 0 Å². The van der Waals surface area contributed by atoms with E-state index >= 15 is 0 Å². The van der Waals surface area contributed by atoms with Crippen molar-refractivity contribution >= 4 is 11.6 Å². The number of nitrogens with one attached hydrogen (secondary N) is 2. The molecule has 0 aromatic carbocycles. The van der Waals surface area contributed by atoms with Crippen LogP contribution in [0.1, 0.15) is 62.8 Å². The number of anilines is 2. The number of aromatic nitrogens is 2. The van der Waals surface area contributed by atoms with Gasteiger partial charge in [-0.25, -0.2) is 9.97 Å². The van der Waals surface area contributed by atoms with Crippen molar-refractivity contribution in [1.29, 1.82) is 0 Å². The molecule has 21 heavy (non-hydrogen) atoms. The van der Waals surface area contributed by atoms with Gasteiger partial charge in [0.2, 0.25) is 0 Å². The van der Waals surface area contributed by atoms with Crippen LogP contribution < -0.4 is 10.6 Å². The second kappa shape index (κ2) is 5.79. The molecule has 0 atom stereocenters. The van der Waals surface area contributed by atoms with Gasteiger partial charge in [-0.1, -0.05) is 6.92 Å². The summed E-state index contributed by atoms with van der Waals surface area (Å²) in [6.45, 7) is 5.31. The number of hydrogen-bond acceptors (Lipinski definition) is 5. The van der Waals surface area contributed by atoms with E-state index in [2.05, 4.69) is 24.5 Å². The Morgan fingerprint density at radius 2 is 1.95 bits per heavy atom. The van der Waals surface area contributed by atoms with Gasteiger partial charge in [0.05, 0.1) is 12.1 Å². The fraction of sp³-hybridized carbons (Fsp3) is 0.750. The van der Waals surface area contributed by atoms with Crippen LogP contribution in [0.3, 0.4) is 0 Å². The number of hydrogen-bond donors (Lipinski definition) is 3. The Bertz CT molecular complexity index is 504. The van der Waals surface area contributed by atoms with Crippen molar-refractivity contribution in [3.63, 3.8) is 0 Å². The molecule has 116 valence electrons. The van der Waals surface area contributed by atoms with Crippen LogP contribution in [0.5, 0.6) is 0 Å². The van der Waals surface area contributed by atoms with Gasteiger partial charge in [0, 0.05) is 18.0 Å². The van der Waals surface area contributed by atoms with E-state index in [0.29, 0.717) is 5.92 Å². The molecule has 0 aliphatic heterocycles. The van der Waals surface area contributed by atoms with E-state index in [-0.39, 0.29) is 12.1 Å². The van der Waals surface area contributed by atoms with Gasteiger partial charge < -0.3 is 15.7 Å². The molecule has 1 aromatic rings. The van der Waals surface area contributed by atoms with Crippen molar-refractivity contribution in [2.45, 2.75) is 63.8 Å². The van der Waals surface area contributed by atoms with E-state index in [1.807, 2.05) is 0 Å². The van der Waals surface area contributed by atoms with Gasteiger partial charge in [-0.2, -0.15) is 0 Å². The van der Waals surface area contributed by atoms with Gasteiger partial charge in [-0.15, -0.1) is 0 Å². The molecule has 0 bridgehead atoms. The normalized spacial score (nSPS) is 20.0. The van der Waals surface area contributed by atoms with Gasteiger partial charge in [0.25, 0.3) is 0 Å². The summed E-state index contributed by atoms with van der Waals surface area (Å²) in [6, 6.07) is 0. The Morgan fingerprint density at radius 1 is 1.24 bits per heavy atom. The number of nitrogens with zero attached hydrogens (tertiary/aromatic N) is 2. The van der Waals surface area contributed by atoms with Crippen LogP contribution in [0.2, 0.25) is 0 Å². The zero-order valence-electron chi connectivity index (χ0n) is 13.1. The summed E-state index contributed by atoms with van der Waals surface area (Å²) >= 11 is 0. The van der Waals surface area contributed by atoms with Gasteiger partial charge in [0.15, 0.2) is 0 Å². The summed E-state index contributed by atoms with van der Waals surface area (Å²) in [5, 5.41) is 16.6. The Labute approximate surface area is 126 Å². The highest BCUT2D eigenvalue weighted by Crippen LogP contribution is 2.41. The van der Waals surface area contributed by atoms with E-state index in [9.17, 15) is 5.11 Å². The molecule has 2 aliphatic carbocycles. The Balaban J connectivity index is 1.88. The Kier molecular flexibility index (Phi) is 4.02. The highest BCUT2D eigenvalue weighted by atomic mass is 16.3. The van der Waals surface area contributed by atoms with Gasteiger partial charge in [-0.3, -0.25) is 0 Å². The summed E-state index contributed by atoms with van der Waals surface area (Å²) < 4.78 is 0. The van der Waals surface area contributed by atoms with Crippen LogP contribution in [0.15, 0.2) is 0 Å². The van der Waals surface area contributed by atoms with E-state index < -0.39 is 0 Å². The topological polar surface area (TPSA) is 70.1 Å². The smallest absolute Gasteiger partial charge is 0.136 e. The van der Waals surface area contributed by atoms with Crippen molar-refractivity contribution in [1.82, 2.24) is 9.97 Å². The molecular weight excluding hydrogens is 264 g/mol. The number of aliphatic hydroxyl groups is 1. The molecule has 0 spiro atoms. The maximum atomic E-state index is 9.67. The summed E-state index contributed by atoms with van der Waals surface area (Å²) in [5.74, 6) is 3.33. The predicted octanol–water partition coefficient (Wildman–Crippen LogP) is 2.81. The zero-order chi connectivity index (χ0) is 14.9. The minimum Gasteiger partial charge on any atom is -0.394 e. The molecule has 3 N–H and O–H groups in total. The first kappa shape index (κ1) is 14.6. The molecule has 0 saturated heterocycles. The second-order valence-electron chi connectivity index (χ2n) is 6.52. The lowest BCUT2D eigenvalue weighted by Crippen LogP contribution is -2.48.